The minimum atomic E-state index is -0.930. The molecule has 1 atom stereocenters. The van der Waals surface area contributed by atoms with E-state index >= 15 is 0 Å². The van der Waals surface area contributed by atoms with Crippen LogP contribution in [0, 0.1) is 0 Å². The summed E-state index contributed by atoms with van der Waals surface area (Å²) in [6, 6.07) is 5.54. The highest BCUT2D eigenvalue weighted by Crippen LogP contribution is 2.27. The van der Waals surface area contributed by atoms with Crippen molar-refractivity contribution in [1.82, 2.24) is 9.55 Å². The van der Waals surface area contributed by atoms with E-state index in [9.17, 15) is 9.90 Å². The fraction of sp³-hybridized carbons (Fsp3) is 0.375. The average Bonchev–Trinajstić information content (AvgIpc) is 2.91. The number of nitrogens with zero attached hydrogens (tertiary/aromatic N) is 2. The fourth-order valence-corrected chi connectivity index (χ4v) is 2.86. The largest absolute Gasteiger partial charge is 0.388 e. The van der Waals surface area contributed by atoms with Gasteiger partial charge in [-0.1, -0.05) is 35.3 Å². The van der Waals surface area contributed by atoms with Crippen LogP contribution in [0.2, 0.25) is 10.0 Å². The second-order valence-corrected chi connectivity index (χ2v) is 6.64. The number of hydrogen-bond donors (Lipinski definition) is 2. The summed E-state index contributed by atoms with van der Waals surface area (Å²) in [6.45, 7) is 2.08. The molecular weight excluding hydrogens is 337 g/mol. The number of benzene rings is 1. The maximum Gasteiger partial charge on any atom is 0.268 e. The first-order valence-electron chi connectivity index (χ1n) is 7.25. The smallest absolute Gasteiger partial charge is 0.268 e. The lowest BCUT2D eigenvalue weighted by Gasteiger charge is -2.23. The molecule has 124 valence electrons. The highest BCUT2D eigenvalue weighted by molar-refractivity contribution is 6.42. The van der Waals surface area contributed by atoms with Gasteiger partial charge in [0.25, 0.3) is 5.91 Å². The lowest BCUT2D eigenvalue weighted by atomic mass is 9.97. The molecule has 1 aromatic heterocycles. The zero-order valence-electron chi connectivity index (χ0n) is 12.8. The molecule has 2 aromatic rings. The Labute approximate surface area is 145 Å². The predicted octanol–water partition coefficient (Wildman–Crippen LogP) is 3.06. The van der Waals surface area contributed by atoms with Gasteiger partial charge in [-0.2, -0.15) is 0 Å². The SMILES string of the molecule is CC(O)(CCCc1cccc(Cl)c1Cl)Cn1cnc(C(N)=O)c1. The molecule has 0 saturated heterocycles. The Morgan fingerprint density at radius 2 is 2.17 bits per heavy atom. The quantitative estimate of drug-likeness (QED) is 0.800. The number of imidazole rings is 1. The van der Waals surface area contributed by atoms with Gasteiger partial charge in [-0.15, -0.1) is 0 Å². The Hall–Kier alpha value is -1.56. The molecule has 0 aliphatic rings. The van der Waals surface area contributed by atoms with E-state index in [1.165, 1.54) is 12.5 Å². The summed E-state index contributed by atoms with van der Waals surface area (Å²) in [5.41, 5.74) is 5.38. The predicted molar refractivity (Wildman–Crippen MR) is 90.8 cm³/mol. The maximum atomic E-state index is 11.0. The van der Waals surface area contributed by atoms with E-state index in [0.29, 0.717) is 23.0 Å². The number of halogens is 2. The van der Waals surface area contributed by atoms with Crippen LogP contribution in [0.4, 0.5) is 0 Å². The average molecular weight is 356 g/mol. The van der Waals surface area contributed by atoms with Crippen molar-refractivity contribution in [3.05, 3.63) is 52.0 Å². The van der Waals surface area contributed by atoms with E-state index in [2.05, 4.69) is 4.98 Å². The van der Waals surface area contributed by atoms with E-state index in [4.69, 9.17) is 28.9 Å². The number of rotatable bonds is 7. The van der Waals surface area contributed by atoms with Gasteiger partial charge < -0.3 is 15.4 Å². The number of aromatic nitrogens is 2. The highest BCUT2D eigenvalue weighted by atomic mass is 35.5. The van der Waals surface area contributed by atoms with E-state index in [-0.39, 0.29) is 5.69 Å². The van der Waals surface area contributed by atoms with Gasteiger partial charge in [0.15, 0.2) is 0 Å². The molecule has 7 heteroatoms. The minimum Gasteiger partial charge on any atom is -0.388 e. The molecule has 0 saturated carbocycles. The van der Waals surface area contributed by atoms with E-state index < -0.39 is 11.5 Å². The molecule has 1 amide bonds. The molecule has 0 spiro atoms. The molecular formula is C16H19Cl2N3O2. The molecule has 3 N–H and O–H groups in total. The van der Waals surface area contributed by atoms with E-state index in [0.717, 1.165) is 18.4 Å². The number of amides is 1. The van der Waals surface area contributed by atoms with Crippen LogP contribution in [0.15, 0.2) is 30.7 Å². The van der Waals surface area contributed by atoms with Gasteiger partial charge in [0.05, 0.1) is 28.5 Å². The fourth-order valence-electron chi connectivity index (χ4n) is 2.45. The Balaban J connectivity index is 1.90. The van der Waals surface area contributed by atoms with Crippen molar-refractivity contribution < 1.29 is 9.90 Å². The van der Waals surface area contributed by atoms with Crippen molar-refractivity contribution in [2.75, 3.05) is 0 Å². The standard InChI is InChI=1S/C16H19Cl2N3O2/c1-16(23,9-21-8-13(15(19)22)20-10-21)7-3-5-11-4-2-6-12(17)14(11)18/h2,4,6,8,10,23H,3,5,7,9H2,1H3,(H2,19,22). The topological polar surface area (TPSA) is 81.1 Å². The Morgan fingerprint density at radius 1 is 1.43 bits per heavy atom. The van der Waals surface area contributed by atoms with Crippen molar-refractivity contribution in [2.45, 2.75) is 38.3 Å². The lowest BCUT2D eigenvalue weighted by molar-refractivity contribution is 0.0312. The third-order valence-corrected chi connectivity index (χ3v) is 4.46. The van der Waals surface area contributed by atoms with Crippen LogP contribution >= 0.6 is 23.2 Å². The number of nitrogens with two attached hydrogens (primary N) is 1. The molecule has 0 aliphatic carbocycles. The normalized spacial score (nSPS) is 13.7. The monoisotopic (exact) mass is 355 g/mol. The van der Waals surface area contributed by atoms with Crippen LogP contribution in [0.5, 0.6) is 0 Å². The zero-order chi connectivity index (χ0) is 17.0. The molecule has 1 aromatic carbocycles. The van der Waals surface area contributed by atoms with Crippen LogP contribution in [0.3, 0.4) is 0 Å². The Morgan fingerprint density at radius 3 is 2.83 bits per heavy atom. The van der Waals surface area contributed by atoms with Gasteiger partial charge >= 0.3 is 0 Å². The summed E-state index contributed by atoms with van der Waals surface area (Å²) in [7, 11) is 0. The van der Waals surface area contributed by atoms with Crippen LogP contribution < -0.4 is 5.73 Å². The molecule has 0 radical (unpaired) electrons. The second kappa shape index (κ2) is 7.34. The molecule has 5 nitrogen and oxygen atoms in total. The van der Waals surface area contributed by atoms with Gasteiger partial charge in [0.2, 0.25) is 0 Å². The van der Waals surface area contributed by atoms with Crippen molar-refractivity contribution in [1.29, 1.82) is 0 Å². The number of primary amides is 1. The van der Waals surface area contributed by atoms with Crippen molar-refractivity contribution in [3.8, 4) is 0 Å². The van der Waals surface area contributed by atoms with Gasteiger partial charge in [0.1, 0.15) is 5.69 Å². The summed E-state index contributed by atoms with van der Waals surface area (Å²) >= 11 is 12.1. The summed E-state index contributed by atoms with van der Waals surface area (Å²) in [5.74, 6) is -0.584. The first-order chi connectivity index (χ1) is 10.8. The number of aryl methyl sites for hydroxylation is 1. The third kappa shape index (κ3) is 4.96. The van der Waals surface area contributed by atoms with E-state index in [1.54, 1.807) is 17.6 Å². The number of hydrogen-bond acceptors (Lipinski definition) is 3. The second-order valence-electron chi connectivity index (χ2n) is 5.86. The number of carbonyl (C=O) groups is 1. The summed E-state index contributed by atoms with van der Waals surface area (Å²) in [4.78, 5) is 14.9. The Bertz CT molecular complexity index is 698. The molecule has 1 heterocycles. The molecule has 0 aliphatic heterocycles. The van der Waals surface area contributed by atoms with Gasteiger partial charge in [-0.05, 0) is 37.8 Å². The van der Waals surface area contributed by atoms with Crippen LogP contribution in [0.1, 0.15) is 35.8 Å². The molecule has 1 unspecified atom stereocenters. The number of aliphatic hydroxyl groups is 1. The molecule has 23 heavy (non-hydrogen) atoms. The molecule has 2 rings (SSSR count). The van der Waals surface area contributed by atoms with Crippen molar-refractivity contribution in [2.24, 2.45) is 5.73 Å². The minimum absolute atomic E-state index is 0.187. The zero-order valence-corrected chi connectivity index (χ0v) is 14.3. The van der Waals surface area contributed by atoms with Crippen LogP contribution in [-0.4, -0.2) is 26.2 Å². The number of carbonyl (C=O) groups excluding carboxylic acids is 1. The lowest BCUT2D eigenvalue weighted by Crippen LogP contribution is -2.30. The van der Waals surface area contributed by atoms with Crippen LogP contribution in [-0.2, 0) is 13.0 Å². The molecule has 0 fully saturated rings. The third-order valence-electron chi connectivity index (χ3n) is 3.60. The summed E-state index contributed by atoms with van der Waals surface area (Å²) in [6.07, 6.45) is 5.07. The van der Waals surface area contributed by atoms with Gasteiger partial charge in [0, 0.05) is 6.20 Å². The van der Waals surface area contributed by atoms with Gasteiger partial charge in [-0.25, -0.2) is 4.98 Å². The van der Waals surface area contributed by atoms with Crippen molar-refractivity contribution in [3.63, 3.8) is 0 Å². The first-order valence-corrected chi connectivity index (χ1v) is 8.01. The van der Waals surface area contributed by atoms with E-state index in [1.807, 2.05) is 12.1 Å². The summed E-state index contributed by atoms with van der Waals surface area (Å²) in [5, 5.41) is 11.6. The maximum absolute atomic E-state index is 11.0. The Kier molecular flexibility index (Phi) is 5.68. The van der Waals surface area contributed by atoms with Crippen LogP contribution in [0.25, 0.3) is 0 Å². The van der Waals surface area contributed by atoms with Gasteiger partial charge in [-0.3, -0.25) is 4.79 Å². The summed E-state index contributed by atoms with van der Waals surface area (Å²) < 4.78 is 1.66. The molecule has 0 bridgehead atoms. The highest BCUT2D eigenvalue weighted by Gasteiger charge is 2.21. The first kappa shape index (κ1) is 17.8. The van der Waals surface area contributed by atoms with Crippen molar-refractivity contribution >= 4 is 29.1 Å².